The summed E-state index contributed by atoms with van der Waals surface area (Å²) in [5.41, 5.74) is 3.34. The summed E-state index contributed by atoms with van der Waals surface area (Å²) in [6.45, 7) is 0. The number of hydrogen-bond acceptors (Lipinski definition) is 2. The van der Waals surface area contributed by atoms with E-state index in [9.17, 15) is 0 Å². The van der Waals surface area contributed by atoms with Gasteiger partial charge < -0.3 is 4.74 Å². The first-order valence-corrected chi connectivity index (χ1v) is 7.89. The molecule has 2 aromatic carbocycles. The Morgan fingerprint density at radius 3 is 2.70 bits per heavy atom. The van der Waals surface area contributed by atoms with E-state index in [1.807, 2.05) is 12.3 Å². The van der Waals surface area contributed by atoms with E-state index in [-0.39, 0.29) is 6.10 Å². The van der Waals surface area contributed by atoms with Gasteiger partial charge in [0.05, 0.1) is 5.69 Å². The maximum absolute atomic E-state index is 6.09. The van der Waals surface area contributed by atoms with Crippen molar-refractivity contribution >= 4 is 10.8 Å². The van der Waals surface area contributed by atoms with Crippen molar-refractivity contribution in [1.82, 2.24) is 4.98 Å². The summed E-state index contributed by atoms with van der Waals surface area (Å²) in [5.74, 6) is 1.32. The van der Waals surface area contributed by atoms with Gasteiger partial charge in [0, 0.05) is 28.6 Å². The maximum Gasteiger partial charge on any atom is 0.128 e. The van der Waals surface area contributed by atoms with Crippen LogP contribution in [0.3, 0.4) is 0 Å². The Kier molecular flexibility index (Phi) is 2.65. The highest BCUT2D eigenvalue weighted by molar-refractivity contribution is 5.85. The van der Waals surface area contributed by atoms with Gasteiger partial charge in [-0.25, -0.2) is 0 Å². The average Bonchev–Trinajstić information content (AvgIpc) is 2.99. The molecule has 23 heavy (non-hydrogen) atoms. The molecule has 0 amide bonds. The number of benzene rings is 2. The summed E-state index contributed by atoms with van der Waals surface area (Å²) >= 11 is 0. The number of aromatic nitrogens is 1. The van der Waals surface area contributed by atoms with Crippen LogP contribution in [0.15, 0.2) is 79.0 Å². The zero-order chi connectivity index (χ0) is 15.2. The molecule has 3 aromatic rings. The molecule has 2 nitrogen and oxygen atoms in total. The van der Waals surface area contributed by atoms with Gasteiger partial charge in [-0.2, -0.15) is 0 Å². The van der Waals surface area contributed by atoms with E-state index < -0.39 is 0 Å². The zero-order valence-electron chi connectivity index (χ0n) is 12.5. The Hall–Kier alpha value is -2.87. The van der Waals surface area contributed by atoms with Crippen molar-refractivity contribution in [2.24, 2.45) is 0 Å². The molecule has 0 N–H and O–H groups in total. The molecule has 0 saturated carbocycles. The lowest BCUT2D eigenvalue weighted by Gasteiger charge is -2.13. The Balaban J connectivity index is 1.59. The molecule has 0 fully saturated rings. The second-order valence-electron chi connectivity index (χ2n) is 6.05. The van der Waals surface area contributed by atoms with Crippen molar-refractivity contribution in [3.63, 3.8) is 0 Å². The van der Waals surface area contributed by atoms with Crippen molar-refractivity contribution in [3.05, 3.63) is 84.6 Å². The Morgan fingerprint density at radius 2 is 1.74 bits per heavy atom. The van der Waals surface area contributed by atoms with Gasteiger partial charge in [-0.1, -0.05) is 54.6 Å². The third kappa shape index (κ3) is 1.99. The van der Waals surface area contributed by atoms with Gasteiger partial charge in [0.1, 0.15) is 11.9 Å². The van der Waals surface area contributed by atoms with Crippen LogP contribution in [0.1, 0.15) is 11.5 Å². The Morgan fingerprint density at radius 1 is 0.870 bits per heavy atom. The van der Waals surface area contributed by atoms with Crippen LogP contribution in [0.25, 0.3) is 22.0 Å². The molecule has 2 aliphatic rings. The lowest BCUT2D eigenvalue weighted by Crippen LogP contribution is -2.15. The predicted molar refractivity (Wildman–Crippen MR) is 92.6 cm³/mol. The van der Waals surface area contributed by atoms with Crippen molar-refractivity contribution in [2.45, 2.75) is 12.0 Å². The minimum atomic E-state index is 0.134. The minimum Gasteiger partial charge on any atom is -0.485 e. The number of hydrogen-bond donors (Lipinski definition) is 0. The fourth-order valence-corrected chi connectivity index (χ4v) is 3.44. The molecular weight excluding hydrogens is 282 g/mol. The van der Waals surface area contributed by atoms with Crippen molar-refractivity contribution in [3.8, 4) is 17.0 Å². The number of ether oxygens (including phenoxy) is 1. The third-order valence-electron chi connectivity index (χ3n) is 4.65. The minimum absolute atomic E-state index is 0.134. The molecule has 1 aliphatic heterocycles. The van der Waals surface area contributed by atoms with E-state index in [4.69, 9.17) is 4.74 Å². The highest BCUT2D eigenvalue weighted by atomic mass is 16.5. The topological polar surface area (TPSA) is 22.1 Å². The van der Waals surface area contributed by atoms with Gasteiger partial charge in [0.15, 0.2) is 0 Å². The van der Waals surface area contributed by atoms with E-state index in [1.165, 1.54) is 10.9 Å². The highest BCUT2D eigenvalue weighted by Gasteiger charge is 2.31. The lowest BCUT2D eigenvalue weighted by atomic mass is 9.91. The van der Waals surface area contributed by atoms with Gasteiger partial charge in [0.25, 0.3) is 0 Å². The summed E-state index contributed by atoms with van der Waals surface area (Å²) in [7, 11) is 0. The molecule has 0 spiro atoms. The van der Waals surface area contributed by atoms with Gasteiger partial charge in [0.2, 0.25) is 0 Å². The van der Waals surface area contributed by atoms with E-state index >= 15 is 0 Å². The van der Waals surface area contributed by atoms with Gasteiger partial charge in [-0.15, -0.1) is 0 Å². The van der Waals surface area contributed by atoms with Crippen LogP contribution in [0, 0.1) is 0 Å². The summed E-state index contributed by atoms with van der Waals surface area (Å²) in [6.07, 6.45) is 10.6. The fourth-order valence-electron chi connectivity index (χ4n) is 3.44. The fraction of sp³-hybridized carbons (Fsp3) is 0.0952. The monoisotopic (exact) mass is 297 g/mol. The zero-order valence-corrected chi connectivity index (χ0v) is 12.5. The molecule has 1 aromatic heterocycles. The smallest absolute Gasteiger partial charge is 0.128 e. The second kappa shape index (κ2) is 4.82. The summed E-state index contributed by atoms with van der Waals surface area (Å²) < 4.78 is 6.09. The maximum atomic E-state index is 6.09. The average molecular weight is 297 g/mol. The number of rotatable bonds is 1. The first-order chi connectivity index (χ1) is 11.4. The highest BCUT2D eigenvalue weighted by Crippen LogP contribution is 2.42. The van der Waals surface area contributed by atoms with Gasteiger partial charge in [-0.05, 0) is 23.6 Å². The first-order valence-electron chi connectivity index (χ1n) is 7.89. The van der Waals surface area contributed by atoms with E-state index in [2.05, 4.69) is 71.8 Å². The molecule has 0 saturated heterocycles. The Labute approximate surface area is 134 Å². The molecule has 0 radical (unpaired) electrons. The molecule has 5 rings (SSSR count). The van der Waals surface area contributed by atoms with E-state index in [1.54, 1.807) is 0 Å². The molecule has 2 atom stereocenters. The van der Waals surface area contributed by atoms with Crippen LogP contribution >= 0.6 is 0 Å². The van der Waals surface area contributed by atoms with Crippen LogP contribution in [0.5, 0.6) is 5.75 Å². The predicted octanol–water partition coefficient (Wildman–Crippen LogP) is 4.87. The number of allylic oxidation sites excluding steroid dienone is 2. The summed E-state index contributed by atoms with van der Waals surface area (Å²) in [4.78, 5) is 4.61. The molecule has 2 unspecified atom stereocenters. The largest absolute Gasteiger partial charge is 0.485 e. The number of fused-ring (bicyclic) bond motifs is 4. The SMILES string of the molecule is C1=CC2Oc3cc(-c4cc5ccccc5cn4)ccc3C2C=C1. The van der Waals surface area contributed by atoms with Crippen LogP contribution in [0.4, 0.5) is 0 Å². The third-order valence-corrected chi connectivity index (χ3v) is 4.65. The Bertz CT molecular complexity index is 970. The van der Waals surface area contributed by atoms with E-state index in [0.717, 1.165) is 22.4 Å². The standard InChI is InChI=1S/C21H15NO/c1-2-6-16-13-22-19(11-14(16)5-1)15-9-10-18-17-7-3-4-8-20(17)23-21(18)12-15/h1-13,17,20H. The van der Waals surface area contributed by atoms with Crippen molar-refractivity contribution in [1.29, 1.82) is 0 Å². The second-order valence-corrected chi connectivity index (χ2v) is 6.05. The van der Waals surface area contributed by atoms with Crippen LogP contribution < -0.4 is 4.74 Å². The van der Waals surface area contributed by atoms with Crippen molar-refractivity contribution in [2.75, 3.05) is 0 Å². The summed E-state index contributed by atoms with van der Waals surface area (Å²) in [5, 5.41) is 2.37. The quantitative estimate of drug-likeness (QED) is 0.639. The summed E-state index contributed by atoms with van der Waals surface area (Å²) in [6, 6.07) is 16.9. The van der Waals surface area contributed by atoms with Crippen molar-refractivity contribution < 1.29 is 4.74 Å². The van der Waals surface area contributed by atoms with Crippen LogP contribution in [-0.4, -0.2) is 11.1 Å². The van der Waals surface area contributed by atoms with Gasteiger partial charge in [-0.3, -0.25) is 4.98 Å². The van der Waals surface area contributed by atoms with Crippen LogP contribution in [-0.2, 0) is 0 Å². The normalized spacial score (nSPS) is 21.0. The van der Waals surface area contributed by atoms with Crippen LogP contribution in [0.2, 0.25) is 0 Å². The molecular formula is C21H15NO. The lowest BCUT2D eigenvalue weighted by molar-refractivity contribution is 0.269. The van der Waals surface area contributed by atoms with E-state index in [0.29, 0.717) is 5.92 Å². The molecule has 110 valence electrons. The molecule has 0 bridgehead atoms. The number of nitrogens with zero attached hydrogens (tertiary/aromatic N) is 1. The molecule has 2 heterocycles. The first kappa shape index (κ1) is 12.7. The number of pyridine rings is 1. The molecule has 2 heteroatoms. The molecule has 1 aliphatic carbocycles. The van der Waals surface area contributed by atoms with Gasteiger partial charge >= 0.3 is 0 Å².